The number of nitrogens with one attached hydrogen (secondary N) is 3. The summed E-state index contributed by atoms with van der Waals surface area (Å²) >= 11 is 3.50. The predicted octanol–water partition coefficient (Wildman–Crippen LogP) is 2.71. The number of carbonyl (C=O) groups excluding carboxylic acids is 1. The highest BCUT2D eigenvalue weighted by molar-refractivity contribution is 8.00. The second-order valence-corrected chi connectivity index (χ2v) is 8.74. The molecular formula is C17H28N4OS2. The van der Waals surface area contributed by atoms with Crippen LogP contribution in [0.5, 0.6) is 0 Å². The van der Waals surface area contributed by atoms with Gasteiger partial charge in [0.1, 0.15) is 0 Å². The largest absolute Gasteiger partial charge is 0.357 e. The number of rotatable bonds is 8. The Balaban J connectivity index is 1.66. The summed E-state index contributed by atoms with van der Waals surface area (Å²) in [6.07, 6.45) is 3.41. The van der Waals surface area contributed by atoms with Crippen LogP contribution in [0.25, 0.3) is 0 Å². The van der Waals surface area contributed by atoms with Gasteiger partial charge >= 0.3 is 0 Å². The first kappa shape index (κ1) is 19.1. The number of hydrogen-bond acceptors (Lipinski definition) is 4. The van der Waals surface area contributed by atoms with E-state index in [9.17, 15) is 4.79 Å². The highest BCUT2D eigenvalue weighted by atomic mass is 32.2. The molecule has 3 N–H and O–H groups in total. The molecule has 2 heterocycles. The zero-order chi connectivity index (χ0) is 17.3. The molecule has 1 aromatic rings. The van der Waals surface area contributed by atoms with Crippen molar-refractivity contribution in [2.24, 2.45) is 4.99 Å². The monoisotopic (exact) mass is 368 g/mol. The van der Waals surface area contributed by atoms with E-state index in [-0.39, 0.29) is 10.7 Å². The van der Waals surface area contributed by atoms with Gasteiger partial charge in [-0.05, 0) is 50.3 Å². The van der Waals surface area contributed by atoms with E-state index in [2.05, 4.69) is 29.8 Å². The second kappa shape index (κ2) is 9.93. The first-order valence-corrected chi connectivity index (χ1v) is 10.5. The number of guanidine groups is 1. The molecule has 0 aliphatic carbocycles. The molecule has 1 saturated heterocycles. The van der Waals surface area contributed by atoms with Gasteiger partial charge in [0.25, 0.3) is 5.91 Å². The van der Waals surface area contributed by atoms with E-state index < -0.39 is 0 Å². The predicted molar refractivity (Wildman–Crippen MR) is 105 cm³/mol. The topological polar surface area (TPSA) is 65.5 Å². The normalized spacial score (nSPS) is 20.8. The number of carbonyl (C=O) groups is 1. The molecule has 1 atom stereocenters. The molecule has 1 aliphatic rings. The fourth-order valence-electron chi connectivity index (χ4n) is 2.54. The average molecular weight is 369 g/mol. The van der Waals surface area contributed by atoms with E-state index in [4.69, 9.17) is 4.99 Å². The Hall–Kier alpha value is -1.21. The van der Waals surface area contributed by atoms with Gasteiger partial charge in [0.15, 0.2) is 5.96 Å². The summed E-state index contributed by atoms with van der Waals surface area (Å²) in [5.74, 6) is 2.13. The Labute approximate surface area is 153 Å². The van der Waals surface area contributed by atoms with E-state index in [1.165, 1.54) is 29.9 Å². The van der Waals surface area contributed by atoms with Gasteiger partial charge in [-0.3, -0.25) is 9.79 Å². The zero-order valence-corrected chi connectivity index (χ0v) is 16.2. The Morgan fingerprint density at radius 1 is 1.33 bits per heavy atom. The summed E-state index contributed by atoms with van der Waals surface area (Å²) < 4.78 is 0.289. The number of nitrogens with zero attached hydrogens (tertiary/aromatic N) is 1. The Morgan fingerprint density at radius 3 is 2.83 bits per heavy atom. The molecule has 1 unspecified atom stereocenters. The smallest absolute Gasteiger partial charge is 0.261 e. The number of thioether (sulfide) groups is 1. The molecule has 1 fully saturated rings. The second-order valence-electron chi connectivity index (χ2n) is 6.11. The van der Waals surface area contributed by atoms with Crippen LogP contribution in [0.2, 0.25) is 0 Å². The lowest BCUT2D eigenvalue weighted by Gasteiger charge is -2.21. The SMILES string of the molecule is CCNC(=NCC1(C)CCCS1)NCCCNC(=O)c1cccs1. The lowest BCUT2D eigenvalue weighted by atomic mass is 10.1. The van der Waals surface area contributed by atoms with Crippen molar-refractivity contribution in [1.29, 1.82) is 0 Å². The minimum Gasteiger partial charge on any atom is -0.357 e. The van der Waals surface area contributed by atoms with E-state index >= 15 is 0 Å². The van der Waals surface area contributed by atoms with Crippen molar-refractivity contribution >= 4 is 35.0 Å². The minimum absolute atomic E-state index is 0.0109. The third-order valence-corrected chi connectivity index (χ3v) is 6.28. The van der Waals surface area contributed by atoms with Crippen LogP contribution in [0, 0.1) is 0 Å². The molecule has 7 heteroatoms. The van der Waals surface area contributed by atoms with Gasteiger partial charge in [-0.1, -0.05) is 6.07 Å². The minimum atomic E-state index is 0.0109. The van der Waals surface area contributed by atoms with Crippen molar-refractivity contribution in [2.75, 3.05) is 31.9 Å². The van der Waals surface area contributed by atoms with Gasteiger partial charge in [0, 0.05) is 24.4 Å². The molecule has 0 spiro atoms. The molecular weight excluding hydrogens is 340 g/mol. The summed E-state index contributed by atoms with van der Waals surface area (Å²) in [5.41, 5.74) is 0. The molecule has 24 heavy (non-hydrogen) atoms. The van der Waals surface area contributed by atoms with Crippen LogP contribution in [0.15, 0.2) is 22.5 Å². The zero-order valence-electron chi connectivity index (χ0n) is 14.6. The van der Waals surface area contributed by atoms with E-state index in [1.54, 1.807) is 0 Å². The molecule has 2 rings (SSSR count). The lowest BCUT2D eigenvalue weighted by Crippen LogP contribution is -2.39. The first-order chi connectivity index (χ1) is 11.6. The summed E-state index contributed by atoms with van der Waals surface area (Å²) in [6, 6.07) is 3.74. The van der Waals surface area contributed by atoms with E-state index in [0.29, 0.717) is 6.54 Å². The highest BCUT2D eigenvalue weighted by Gasteiger charge is 2.29. The van der Waals surface area contributed by atoms with Crippen molar-refractivity contribution in [3.8, 4) is 0 Å². The third-order valence-electron chi connectivity index (χ3n) is 3.89. The number of thiophene rings is 1. The van der Waals surface area contributed by atoms with Gasteiger partial charge in [-0.2, -0.15) is 11.8 Å². The van der Waals surface area contributed by atoms with Gasteiger partial charge in [-0.15, -0.1) is 11.3 Å². The quantitative estimate of drug-likeness (QED) is 0.375. The molecule has 0 saturated carbocycles. The highest BCUT2D eigenvalue weighted by Crippen LogP contribution is 2.37. The van der Waals surface area contributed by atoms with Gasteiger partial charge in [-0.25, -0.2) is 0 Å². The van der Waals surface area contributed by atoms with Crippen LogP contribution in [0.3, 0.4) is 0 Å². The summed E-state index contributed by atoms with van der Waals surface area (Å²) in [7, 11) is 0. The molecule has 1 aromatic heterocycles. The van der Waals surface area contributed by atoms with Gasteiger partial charge in [0.05, 0.1) is 11.4 Å². The molecule has 5 nitrogen and oxygen atoms in total. The van der Waals surface area contributed by atoms with E-state index in [0.717, 1.165) is 36.9 Å². The Bertz CT molecular complexity index is 525. The number of amides is 1. The maximum absolute atomic E-state index is 11.8. The average Bonchev–Trinajstić information content (AvgIpc) is 3.24. The van der Waals surface area contributed by atoms with Crippen LogP contribution >= 0.6 is 23.1 Å². The number of hydrogen-bond donors (Lipinski definition) is 3. The Morgan fingerprint density at radius 2 is 2.17 bits per heavy atom. The third kappa shape index (κ3) is 6.36. The molecule has 0 aromatic carbocycles. The van der Waals surface area contributed by atoms with Crippen LogP contribution in [0.1, 0.15) is 42.8 Å². The van der Waals surface area contributed by atoms with Crippen molar-refractivity contribution in [1.82, 2.24) is 16.0 Å². The molecule has 1 aliphatic heterocycles. The molecule has 0 radical (unpaired) electrons. The van der Waals surface area contributed by atoms with Crippen molar-refractivity contribution in [3.05, 3.63) is 22.4 Å². The van der Waals surface area contributed by atoms with Crippen LogP contribution in [-0.4, -0.2) is 48.5 Å². The van der Waals surface area contributed by atoms with Gasteiger partial charge < -0.3 is 16.0 Å². The molecule has 0 bridgehead atoms. The Kier molecular flexibility index (Phi) is 7.91. The maximum atomic E-state index is 11.8. The number of aliphatic imine (C=N–C) groups is 1. The fourth-order valence-corrected chi connectivity index (χ4v) is 4.41. The van der Waals surface area contributed by atoms with Gasteiger partial charge in [0.2, 0.25) is 0 Å². The van der Waals surface area contributed by atoms with E-state index in [1.807, 2.05) is 29.3 Å². The van der Waals surface area contributed by atoms with Crippen LogP contribution < -0.4 is 16.0 Å². The summed E-state index contributed by atoms with van der Waals surface area (Å²) in [5, 5.41) is 11.5. The maximum Gasteiger partial charge on any atom is 0.261 e. The summed E-state index contributed by atoms with van der Waals surface area (Å²) in [6.45, 7) is 7.53. The van der Waals surface area contributed by atoms with Crippen LogP contribution in [-0.2, 0) is 0 Å². The fraction of sp³-hybridized carbons (Fsp3) is 0.647. The van der Waals surface area contributed by atoms with Crippen molar-refractivity contribution in [3.63, 3.8) is 0 Å². The molecule has 134 valence electrons. The standard InChI is InChI=1S/C17H28N4OS2/c1-3-18-16(21-13-17(2)8-5-12-24-17)20-10-6-9-19-15(22)14-7-4-11-23-14/h4,7,11H,3,5-6,8-10,12-13H2,1-2H3,(H,19,22)(H2,18,20,21). The van der Waals surface area contributed by atoms with Crippen molar-refractivity contribution in [2.45, 2.75) is 37.9 Å². The lowest BCUT2D eigenvalue weighted by molar-refractivity contribution is 0.0957. The first-order valence-electron chi connectivity index (χ1n) is 8.61. The van der Waals surface area contributed by atoms with Crippen LogP contribution in [0.4, 0.5) is 0 Å². The summed E-state index contributed by atoms with van der Waals surface area (Å²) in [4.78, 5) is 17.3. The molecule has 1 amide bonds. The van der Waals surface area contributed by atoms with Crippen molar-refractivity contribution < 1.29 is 4.79 Å².